The van der Waals surface area contributed by atoms with Gasteiger partial charge >= 0.3 is 31.3 Å². The average molecular weight is 577 g/mol. The van der Waals surface area contributed by atoms with Crippen molar-refractivity contribution in [3.8, 4) is 11.5 Å². The van der Waals surface area contributed by atoms with E-state index in [0.29, 0.717) is 10.8 Å². The number of carbonyl (C=O) groups excluding carboxylic acids is 1. The van der Waals surface area contributed by atoms with Crippen molar-refractivity contribution in [1.29, 1.82) is 0 Å². The van der Waals surface area contributed by atoms with Gasteiger partial charge in [-0.1, -0.05) is 79.7 Å². The number of ether oxygens (including phenoxy) is 2. The van der Waals surface area contributed by atoms with Crippen LogP contribution in [0.4, 0.5) is 13.2 Å². The molecule has 0 radical (unpaired) electrons. The minimum absolute atomic E-state index is 0.201. The van der Waals surface area contributed by atoms with Gasteiger partial charge < -0.3 is 24.4 Å². The van der Waals surface area contributed by atoms with Crippen LogP contribution in [0, 0.1) is 0 Å². The molecule has 1 unspecified atom stereocenters. The molecular weight excluding hydrogens is 554 g/mol. The van der Waals surface area contributed by atoms with Gasteiger partial charge in [-0.3, -0.25) is 4.79 Å². The summed E-state index contributed by atoms with van der Waals surface area (Å²) < 4.78 is 66.8. The van der Waals surface area contributed by atoms with Gasteiger partial charge in [0.2, 0.25) is 0 Å². The fraction of sp³-hybridized carbons (Fsp3) is 0.185. The zero-order chi connectivity index (χ0) is 29.3. The number of hydrogen-bond donors (Lipinski definition) is 3. The normalized spacial score (nSPS) is 13.2. The predicted octanol–water partition coefficient (Wildman–Crippen LogP) is 5.49. The lowest BCUT2D eigenvalue weighted by Gasteiger charge is -2.44. The Balaban J connectivity index is 2.10. The van der Waals surface area contributed by atoms with Crippen molar-refractivity contribution in [2.45, 2.75) is 31.2 Å². The zero-order valence-electron chi connectivity index (χ0n) is 20.8. The molecule has 13 heteroatoms. The molecule has 210 valence electrons. The number of hydrogen-bond acceptors (Lipinski definition) is 5. The third-order valence-electron chi connectivity index (χ3n) is 6.10. The van der Waals surface area contributed by atoms with Gasteiger partial charge in [-0.05, 0) is 29.3 Å². The molecule has 0 spiro atoms. The maximum atomic E-state index is 14.0. The second kappa shape index (κ2) is 10.8. The Morgan fingerprint density at radius 2 is 1.25 bits per heavy atom. The van der Waals surface area contributed by atoms with E-state index < -0.39 is 48.7 Å². The Labute approximate surface area is 225 Å². The maximum Gasteiger partial charge on any atom is 0.471 e. The van der Waals surface area contributed by atoms with E-state index in [4.69, 9.17) is 9.47 Å². The van der Waals surface area contributed by atoms with Gasteiger partial charge in [-0.25, -0.2) is 14.3 Å². The van der Waals surface area contributed by atoms with E-state index in [2.05, 4.69) is 0 Å². The summed E-state index contributed by atoms with van der Waals surface area (Å²) >= 11 is 0. The van der Waals surface area contributed by atoms with Gasteiger partial charge in [-0.15, -0.1) is 0 Å². The molecule has 3 N–H and O–H groups in total. The average Bonchev–Trinajstić information content (AvgIpc) is 2.90. The predicted molar refractivity (Wildman–Crippen MR) is 139 cm³/mol. The highest BCUT2D eigenvalue weighted by Crippen LogP contribution is 2.56. The van der Waals surface area contributed by atoms with Gasteiger partial charge in [-0.2, -0.15) is 13.2 Å². The van der Waals surface area contributed by atoms with Crippen LogP contribution in [0.25, 0.3) is 21.5 Å². The number of carbonyl (C=O) groups is 2. The third-order valence-corrected chi connectivity index (χ3v) is 7.24. The second-order valence-electron chi connectivity index (χ2n) is 8.69. The van der Waals surface area contributed by atoms with Crippen molar-refractivity contribution < 1.29 is 51.7 Å². The summed E-state index contributed by atoms with van der Waals surface area (Å²) in [5, 5.41) is 11.2. The number of amides is 1. The molecule has 0 heterocycles. The standard InChI is InChI=1S/C27H23F3NO8P/c1-2-21(24(32)33)31(25(34)26(28,29)30)27(40(35,36)37,38-22-15-7-11-17-9-3-5-13-19(17)22)39-23-16-8-12-18-10-4-6-14-20(18)23/h3-16,21H,2H2,1H3,(H,32,33)(H2,35,36,37). The molecule has 0 aliphatic heterocycles. The van der Waals surface area contributed by atoms with E-state index in [1.165, 1.54) is 36.4 Å². The van der Waals surface area contributed by atoms with Crippen molar-refractivity contribution in [2.75, 3.05) is 0 Å². The lowest BCUT2D eigenvalue weighted by Crippen LogP contribution is -2.66. The highest BCUT2D eigenvalue weighted by molar-refractivity contribution is 7.53. The molecule has 0 bridgehead atoms. The topological polar surface area (TPSA) is 134 Å². The Morgan fingerprint density at radius 1 is 0.825 bits per heavy atom. The first-order chi connectivity index (χ1) is 18.8. The van der Waals surface area contributed by atoms with Crippen LogP contribution >= 0.6 is 7.60 Å². The molecule has 0 saturated carbocycles. The van der Waals surface area contributed by atoms with Crippen molar-refractivity contribution in [3.63, 3.8) is 0 Å². The van der Waals surface area contributed by atoms with Crippen LogP contribution in [-0.4, -0.2) is 49.5 Å². The van der Waals surface area contributed by atoms with Crippen molar-refractivity contribution >= 4 is 41.0 Å². The fourth-order valence-corrected chi connectivity index (χ4v) is 5.25. The molecule has 40 heavy (non-hydrogen) atoms. The van der Waals surface area contributed by atoms with Crippen molar-refractivity contribution in [1.82, 2.24) is 4.90 Å². The summed E-state index contributed by atoms with van der Waals surface area (Å²) in [6.45, 7) is 1.13. The number of halogens is 3. The molecule has 1 atom stereocenters. The van der Waals surface area contributed by atoms with Crippen molar-refractivity contribution in [3.05, 3.63) is 84.9 Å². The van der Waals surface area contributed by atoms with Crippen LogP contribution in [-0.2, 0) is 14.2 Å². The summed E-state index contributed by atoms with van der Waals surface area (Å²) in [7, 11) is -6.18. The van der Waals surface area contributed by atoms with Crippen LogP contribution in [0.5, 0.6) is 11.5 Å². The quantitative estimate of drug-likeness (QED) is 0.176. The lowest BCUT2D eigenvalue weighted by atomic mass is 10.1. The van der Waals surface area contributed by atoms with E-state index in [1.807, 2.05) is 0 Å². The molecule has 4 aromatic carbocycles. The third kappa shape index (κ3) is 5.33. The summed E-state index contributed by atoms with van der Waals surface area (Å²) in [5.41, 5.74) is -3.91. The summed E-state index contributed by atoms with van der Waals surface area (Å²) in [6.07, 6.45) is -6.45. The SMILES string of the molecule is CCC(C(=O)O)N(C(=O)C(F)(F)F)C(Oc1cccc2ccccc12)(Oc1cccc2ccccc12)P(=O)(O)O. The first-order valence-corrected chi connectivity index (χ1v) is 13.4. The molecule has 0 saturated heterocycles. The Hall–Kier alpha value is -4.12. The number of carboxylic acid groups (broad SMARTS) is 1. The first-order valence-electron chi connectivity index (χ1n) is 11.8. The molecule has 0 aliphatic rings. The zero-order valence-corrected chi connectivity index (χ0v) is 21.7. The minimum atomic E-state index is -6.18. The number of carboxylic acids is 1. The number of aliphatic carboxylic acids is 1. The van der Waals surface area contributed by atoms with E-state index in [1.54, 1.807) is 48.5 Å². The number of fused-ring (bicyclic) bond motifs is 2. The van der Waals surface area contributed by atoms with E-state index >= 15 is 0 Å². The Morgan fingerprint density at radius 3 is 1.62 bits per heavy atom. The van der Waals surface area contributed by atoms with Gasteiger partial charge in [0.25, 0.3) is 0 Å². The van der Waals surface area contributed by atoms with Crippen LogP contribution in [0.2, 0.25) is 0 Å². The van der Waals surface area contributed by atoms with Crippen LogP contribution in [0.3, 0.4) is 0 Å². The van der Waals surface area contributed by atoms with Gasteiger partial charge in [0.05, 0.1) is 0 Å². The molecule has 0 fully saturated rings. The molecule has 0 aromatic heterocycles. The summed E-state index contributed by atoms with van der Waals surface area (Å²) in [6, 6.07) is 18.6. The number of nitrogens with zero attached hydrogens (tertiary/aromatic N) is 1. The number of rotatable bonds is 9. The Bertz CT molecular complexity index is 1530. The van der Waals surface area contributed by atoms with Crippen LogP contribution in [0.15, 0.2) is 84.9 Å². The molecule has 4 rings (SSSR count). The highest BCUT2D eigenvalue weighted by Gasteiger charge is 2.67. The Kier molecular flexibility index (Phi) is 7.80. The van der Waals surface area contributed by atoms with Gasteiger partial charge in [0.1, 0.15) is 17.5 Å². The molecule has 1 amide bonds. The van der Waals surface area contributed by atoms with Crippen molar-refractivity contribution in [2.24, 2.45) is 0 Å². The monoisotopic (exact) mass is 577 g/mol. The molecule has 0 aliphatic carbocycles. The molecule has 4 aromatic rings. The maximum absolute atomic E-state index is 14.0. The smallest absolute Gasteiger partial charge is 0.471 e. The fourth-order valence-electron chi connectivity index (χ4n) is 4.31. The number of benzene rings is 4. The van der Waals surface area contributed by atoms with Crippen LogP contribution < -0.4 is 9.47 Å². The van der Waals surface area contributed by atoms with Gasteiger partial charge in [0.15, 0.2) is 0 Å². The molecular formula is C27H23F3NO8P. The first kappa shape index (κ1) is 28.9. The van der Waals surface area contributed by atoms with E-state index in [9.17, 15) is 42.2 Å². The number of alkyl halides is 3. The summed E-state index contributed by atoms with van der Waals surface area (Å²) in [5.74, 6) is -5.60. The largest absolute Gasteiger partial charge is 0.480 e. The lowest BCUT2D eigenvalue weighted by molar-refractivity contribution is -0.231. The second-order valence-corrected chi connectivity index (χ2v) is 10.3. The molecule has 9 nitrogen and oxygen atoms in total. The highest BCUT2D eigenvalue weighted by atomic mass is 31.2. The van der Waals surface area contributed by atoms with E-state index in [-0.39, 0.29) is 22.3 Å². The minimum Gasteiger partial charge on any atom is -0.480 e. The van der Waals surface area contributed by atoms with Gasteiger partial charge in [0, 0.05) is 10.8 Å². The summed E-state index contributed by atoms with van der Waals surface area (Å²) in [4.78, 5) is 46.0. The van der Waals surface area contributed by atoms with E-state index in [0.717, 1.165) is 6.92 Å². The van der Waals surface area contributed by atoms with Crippen LogP contribution in [0.1, 0.15) is 13.3 Å².